The number of aryl methyl sites for hydroxylation is 1. The van der Waals surface area contributed by atoms with E-state index in [1.54, 1.807) is 25.7 Å². The Balaban J connectivity index is 2.06. The highest BCUT2D eigenvalue weighted by Gasteiger charge is 2.55. The van der Waals surface area contributed by atoms with E-state index in [-0.39, 0.29) is 0 Å². The Morgan fingerprint density at radius 1 is 1.25 bits per heavy atom. The molecule has 1 saturated heterocycles. The fourth-order valence-corrected chi connectivity index (χ4v) is 3.22. The summed E-state index contributed by atoms with van der Waals surface area (Å²) in [5.74, 6) is -1.74. The number of carboxylic acids is 1. The first-order valence-electron chi connectivity index (χ1n) is 8.51. The van der Waals surface area contributed by atoms with Crippen LogP contribution in [0.4, 0.5) is 0 Å². The molecule has 5 heteroatoms. The van der Waals surface area contributed by atoms with Crippen LogP contribution >= 0.6 is 0 Å². The Bertz CT molecular complexity index is 579. The molecule has 0 amide bonds. The van der Waals surface area contributed by atoms with Crippen molar-refractivity contribution in [3.05, 3.63) is 35.9 Å². The SMILES string of the molecule is CC(C)(C)OC(=O)C1(C(=O)O)CCCN1CCCc1ccccc1. The molecule has 0 radical (unpaired) electrons. The number of ether oxygens (including phenoxy) is 1. The zero-order valence-electron chi connectivity index (χ0n) is 14.7. The lowest BCUT2D eigenvalue weighted by atomic mass is 9.95. The van der Waals surface area contributed by atoms with Gasteiger partial charge in [0, 0.05) is 6.54 Å². The number of likely N-dealkylation sites (tertiary alicyclic amines) is 1. The lowest BCUT2D eigenvalue weighted by Gasteiger charge is -2.34. The van der Waals surface area contributed by atoms with Crippen molar-refractivity contribution in [1.29, 1.82) is 0 Å². The second-order valence-electron chi connectivity index (χ2n) is 7.35. The second-order valence-corrected chi connectivity index (χ2v) is 7.35. The normalized spacial score (nSPS) is 21.6. The summed E-state index contributed by atoms with van der Waals surface area (Å²) in [4.78, 5) is 26.4. The van der Waals surface area contributed by atoms with Crippen LogP contribution in [0, 0.1) is 0 Å². The molecule has 1 aliphatic rings. The van der Waals surface area contributed by atoms with Crippen LogP contribution in [0.25, 0.3) is 0 Å². The van der Waals surface area contributed by atoms with Gasteiger partial charge in [-0.05, 0) is 58.6 Å². The number of carboxylic acid groups (broad SMARTS) is 1. The molecule has 1 N–H and O–H groups in total. The van der Waals surface area contributed by atoms with Gasteiger partial charge in [-0.25, -0.2) is 9.59 Å². The lowest BCUT2D eigenvalue weighted by Crippen LogP contribution is -2.58. The number of carbonyl (C=O) groups excluding carboxylic acids is 1. The molecule has 5 nitrogen and oxygen atoms in total. The predicted molar refractivity (Wildman–Crippen MR) is 91.8 cm³/mol. The number of hydrogen-bond acceptors (Lipinski definition) is 4. The van der Waals surface area contributed by atoms with E-state index in [0.717, 1.165) is 12.8 Å². The van der Waals surface area contributed by atoms with Gasteiger partial charge in [-0.3, -0.25) is 4.90 Å². The molecule has 24 heavy (non-hydrogen) atoms. The van der Waals surface area contributed by atoms with Crippen molar-refractivity contribution in [1.82, 2.24) is 4.90 Å². The summed E-state index contributed by atoms with van der Waals surface area (Å²) in [5.41, 5.74) is -1.02. The first-order chi connectivity index (χ1) is 11.3. The van der Waals surface area contributed by atoms with Gasteiger partial charge in [-0.2, -0.15) is 0 Å². The molecule has 1 fully saturated rings. The molecule has 1 aliphatic heterocycles. The number of hydrogen-bond donors (Lipinski definition) is 1. The molecular formula is C19H27NO4. The van der Waals surface area contributed by atoms with Gasteiger partial charge >= 0.3 is 11.9 Å². The molecule has 1 aromatic rings. The van der Waals surface area contributed by atoms with Crippen molar-refractivity contribution in [3.63, 3.8) is 0 Å². The van der Waals surface area contributed by atoms with E-state index in [1.807, 2.05) is 18.2 Å². The average Bonchev–Trinajstić information content (AvgIpc) is 2.91. The molecule has 1 atom stereocenters. The first kappa shape index (κ1) is 18.5. The molecule has 132 valence electrons. The summed E-state index contributed by atoms with van der Waals surface area (Å²) < 4.78 is 5.42. The third-order valence-electron chi connectivity index (χ3n) is 4.33. The lowest BCUT2D eigenvalue weighted by molar-refractivity contribution is -0.177. The second kappa shape index (κ2) is 7.34. The van der Waals surface area contributed by atoms with Gasteiger partial charge in [0.1, 0.15) is 5.60 Å². The minimum atomic E-state index is -1.54. The van der Waals surface area contributed by atoms with Crippen LogP contribution in [-0.2, 0) is 20.7 Å². The van der Waals surface area contributed by atoms with Gasteiger partial charge in [0.2, 0.25) is 5.54 Å². The van der Waals surface area contributed by atoms with Crippen molar-refractivity contribution in [3.8, 4) is 0 Å². The maximum Gasteiger partial charge on any atom is 0.338 e. The molecule has 1 aromatic carbocycles. The van der Waals surface area contributed by atoms with Crippen LogP contribution < -0.4 is 0 Å². The van der Waals surface area contributed by atoms with Crippen LogP contribution in [0.5, 0.6) is 0 Å². The maximum atomic E-state index is 12.6. The van der Waals surface area contributed by atoms with Crippen LogP contribution in [0.1, 0.15) is 45.6 Å². The van der Waals surface area contributed by atoms with Gasteiger partial charge in [-0.15, -0.1) is 0 Å². The van der Waals surface area contributed by atoms with E-state index in [4.69, 9.17) is 4.74 Å². The molecule has 0 spiro atoms. The summed E-state index contributed by atoms with van der Waals surface area (Å²) in [5, 5.41) is 9.78. The van der Waals surface area contributed by atoms with E-state index < -0.39 is 23.1 Å². The van der Waals surface area contributed by atoms with E-state index in [9.17, 15) is 14.7 Å². The largest absolute Gasteiger partial charge is 0.479 e. The molecule has 0 aliphatic carbocycles. The number of esters is 1. The van der Waals surface area contributed by atoms with Gasteiger partial charge in [0.05, 0.1) is 0 Å². The van der Waals surface area contributed by atoms with Crippen LogP contribution in [0.2, 0.25) is 0 Å². The predicted octanol–water partition coefficient (Wildman–Crippen LogP) is 2.88. The Labute approximate surface area is 143 Å². The van der Waals surface area contributed by atoms with Crippen molar-refractivity contribution in [2.75, 3.05) is 13.1 Å². The Kier molecular flexibility index (Phi) is 5.65. The smallest absolute Gasteiger partial charge is 0.338 e. The minimum absolute atomic E-state index is 0.308. The number of aliphatic carboxylic acids is 1. The van der Waals surface area contributed by atoms with Gasteiger partial charge in [0.15, 0.2) is 0 Å². The summed E-state index contributed by atoms with van der Waals surface area (Å²) in [7, 11) is 0. The van der Waals surface area contributed by atoms with E-state index in [1.165, 1.54) is 5.56 Å². The first-order valence-corrected chi connectivity index (χ1v) is 8.51. The fourth-order valence-electron chi connectivity index (χ4n) is 3.22. The van der Waals surface area contributed by atoms with Crippen molar-refractivity contribution in [2.45, 2.75) is 57.6 Å². The monoisotopic (exact) mass is 333 g/mol. The fraction of sp³-hybridized carbons (Fsp3) is 0.579. The molecule has 2 rings (SSSR count). The molecule has 0 aromatic heterocycles. The van der Waals surface area contributed by atoms with Crippen molar-refractivity contribution in [2.24, 2.45) is 0 Å². The summed E-state index contributed by atoms with van der Waals surface area (Å²) in [6.45, 7) is 6.46. The molecule has 1 unspecified atom stereocenters. The highest BCUT2D eigenvalue weighted by Crippen LogP contribution is 2.33. The Morgan fingerprint density at radius 3 is 2.50 bits per heavy atom. The topological polar surface area (TPSA) is 66.8 Å². The summed E-state index contributed by atoms with van der Waals surface area (Å²) in [6.07, 6.45) is 2.67. The third-order valence-corrected chi connectivity index (χ3v) is 4.33. The van der Waals surface area contributed by atoms with Crippen LogP contribution in [0.3, 0.4) is 0 Å². The Hall–Kier alpha value is -1.88. The standard InChI is InChI=1S/C19H27NO4/c1-18(2,3)24-17(23)19(16(21)22)12-8-14-20(19)13-7-11-15-9-5-4-6-10-15/h4-6,9-10H,7-8,11-14H2,1-3H3,(H,21,22). The molecule has 0 bridgehead atoms. The number of rotatable bonds is 6. The van der Waals surface area contributed by atoms with E-state index >= 15 is 0 Å². The van der Waals surface area contributed by atoms with Gasteiger partial charge in [-0.1, -0.05) is 30.3 Å². The van der Waals surface area contributed by atoms with E-state index in [2.05, 4.69) is 12.1 Å². The number of carbonyl (C=O) groups is 2. The van der Waals surface area contributed by atoms with Gasteiger partial charge in [0.25, 0.3) is 0 Å². The van der Waals surface area contributed by atoms with Gasteiger partial charge < -0.3 is 9.84 Å². The summed E-state index contributed by atoms with van der Waals surface area (Å²) >= 11 is 0. The zero-order chi connectivity index (χ0) is 17.8. The van der Waals surface area contributed by atoms with Crippen molar-refractivity contribution >= 4 is 11.9 Å². The highest BCUT2D eigenvalue weighted by molar-refractivity contribution is 6.04. The molecular weight excluding hydrogens is 306 g/mol. The molecule has 1 heterocycles. The number of benzene rings is 1. The quantitative estimate of drug-likeness (QED) is 0.640. The minimum Gasteiger partial charge on any atom is -0.479 e. The molecule has 0 saturated carbocycles. The van der Waals surface area contributed by atoms with E-state index in [0.29, 0.717) is 25.9 Å². The van der Waals surface area contributed by atoms with Crippen LogP contribution in [-0.4, -0.2) is 46.2 Å². The average molecular weight is 333 g/mol. The highest BCUT2D eigenvalue weighted by atomic mass is 16.6. The summed E-state index contributed by atoms with van der Waals surface area (Å²) in [6, 6.07) is 10.1. The van der Waals surface area contributed by atoms with Crippen LogP contribution in [0.15, 0.2) is 30.3 Å². The maximum absolute atomic E-state index is 12.6. The number of nitrogens with zero attached hydrogens (tertiary/aromatic N) is 1. The third kappa shape index (κ3) is 4.15. The zero-order valence-corrected chi connectivity index (χ0v) is 14.7. The van der Waals surface area contributed by atoms with Crippen molar-refractivity contribution < 1.29 is 19.4 Å². The Morgan fingerprint density at radius 2 is 1.92 bits per heavy atom.